The van der Waals surface area contributed by atoms with Gasteiger partial charge in [-0.2, -0.15) is 0 Å². The Morgan fingerprint density at radius 1 is 1.12 bits per heavy atom. The minimum Gasteiger partial charge on any atom is -0.392 e. The van der Waals surface area contributed by atoms with Gasteiger partial charge in [0.05, 0.1) is 13.0 Å². The number of nitrogens with zero attached hydrogens (tertiary/aromatic N) is 2. The molecule has 8 nitrogen and oxygen atoms in total. The quantitative estimate of drug-likeness (QED) is 0.326. The van der Waals surface area contributed by atoms with Crippen LogP contribution in [-0.2, 0) is 11.2 Å². The van der Waals surface area contributed by atoms with E-state index in [2.05, 4.69) is 26.1 Å². The topological polar surface area (TPSA) is 119 Å². The molecule has 0 aliphatic heterocycles. The van der Waals surface area contributed by atoms with Gasteiger partial charge in [0, 0.05) is 18.8 Å². The van der Waals surface area contributed by atoms with Crippen molar-refractivity contribution in [3.8, 4) is 0 Å². The molecule has 0 bridgehead atoms. The number of anilines is 2. The molecule has 1 heterocycles. The fourth-order valence-corrected chi connectivity index (χ4v) is 2.11. The molecule has 1 unspecified atom stereocenters. The Morgan fingerprint density at radius 2 is 1.88 bits per heavy atom. The first-order valence-electron chi connectivity index (χ1n) is 7.71. The zero-order valence-corrected chi connectivity index (χ0v) is 14.2. The fraction of sp³-hybridized carbons (Fsp3) is 0.312. The first-order chi connectivity index (χ1) is 12.1. The highest BCUT2D eigenvalue weighted by Crippen LogP contribution is 2.11. The van der Waals surface area contributed by atoms with Crippen LogP contribution in [0.2, 0.25) is 5.15 Å². The molecule has 134 valence electrons. The van der Waals surface area contributed by atoms with Crippen LogP contribution in [0.4, 0.5) is 11.5 Å². The zero-order chi connectivity index (χ0) is 18.1. The number of aliphatic hydroxyl groups excluding tert-OH is 2. The molecule has 1 aromatic heterocycles. The van der Waals surface area contributed by atoms with E-state index in [4.69, 9.17) is 16.7 Å². The molecule has 1 amide bonds. The molecular formula is C16H20ClN5O3. The third-order valence-electron chi connectivity index (χ3n) is 3.21. The standard InChI is InChI=1S/C16H20ClN5O3/c17-13-5-6-14(22-21-13)18-7-8-19-15(24)9-11-1-3-12(4-2-11)20-16(25)10-23/h1-6,16,20,23,25H,7-10H2,(H,18,22)(H,19,24). The average Bonchev–Trinajstić information content (AvgIpc) is 2.62. The second-order valence-corrected chi connectivity index (χ2v) is 5.62. The van der Waals surface area contributed by atoms with Gasteiger partial charge in [-0.1, -0.05) is 23.7 Å². The summed E-state index contributed by atoms with van der Waals surface area (Å²) >= 11 is 5.65. The number of amides is 1. The maximum absolute atomic E-state index is 11.9. The van der Waals surface area contributed by atoms with Crippen molar-refractivity contribution in [3.63, 3.8) is 0 Å². The minimum absolute atomic E-state index is 0.0971. The lowest BCUT2D eigenvalue weighted by Gasteiger charge is -2.12. The van der Waals surface area contributed by atoms with Crippen LogP contribution in [0.3, 0.4) is 0 Å². The summed E-state index contributed by atoms with van der Waals surface area (Å²) in [5.41, 5.74) is 1.51. The molecule has 2 aromatic rings. The number of halogens is 1. The number of hydrogen-bond acceptors (Lipinski definition) is 7. The van der Waals surface area contributed by atoms with Crippen LogP contribution in [-0.4, -0.2) is 52.2 Å². The largest absolute Gasteiger partial charge is 0.392 e. The molecule has 1 aromatic carbocycles. The summed E-state index contributed by atoms with van der Waals surface area (Å²) < 4.78 is 0. The number of carbonyl (C=O) groups excluding carboxylic acids is 1. The van der Waals surface area contributed by atoms with E-state index in [9.17, 15) is 9.90 Å². The van der Waals surface area contributed by atoms with Crippen molar-refractivity contribution in [2.45, 2.75) is 12.6 Å². The van der Waals surface area contributed by atoms with Crippen LogP contribution < -0.4 is 16.0 Å². The molecule has 0 saturated carbocycles. The van der Waals surface area contributed by atoms with Crippen LogP contribution in [0.5, 0.6) is 0 Å². The van der Waals surface area contributed by atoms with Crippen molar-refractivity contribution < 1.29 is 15.0 Å². The van der Waals surface area contributed by atoms with Gasteiger partial charge in [-0.25, -0.2) is 0 Å². The normalized spacial score (nSPS) is 11.6. The Morgan fingerprint density at radius 3 is 2.52 bits per heavy atom. The Hall–Kier alpha value is -2.42. The van der Waals surface area contributed by atoms with Crippen molar-refractivity contribution in [1.82, 2.24) is 15.5 Å². The van der Waals surface area contributed by atoms with Gasteiger partial charge in [0.15, 0.2) is 5.15 Å². The maximum Gasteiger partial charge on any atom is 0.224 e. The predicted molar refractivity (Wildman–Crippen MR) is 95.4 cm³/mol. The number of nitrogens with one attached hydrogen (secondary N) is 3. The third-order valence-corrected chi connectivity index (χ3v) is 3.41. The number of carbonyl (C=O) groups is 1. The SMILES string of the molecule is O=C(Cc1ccc(NC(O)CO)cc1)NCCNc1ccc(Cl)nn1. The second-order valence-electron chi connectivity index (χ2n) is 5.23. The van der Waals surface area contributed by atoms with E-state index >= 15 is 0 Å². The molecule has 25 heavy (non-hydrogen) atoms. The molecule has 2 rings (SSSR count). The zero-order valence-electron chi connectivity index (χ0n) is 13.4. The van der Waals surface area contributed by atoms with E-state index < -0.39 is 6.23 Å². The minimum atomic E-state index is -1.01. The van der Waals surface area contributed by atoms with Crippen molar-refractivity contribution in [3.05, 3.63) is 47.1 Å². The number of hydrogen-bond donors (Lipinski definition) is 5. The van der Waals surface area contributed by atoms with Gasteiger partial charge < -0.3 is 26.2 Å². The average molecular weight is 366 g/mol. The summed E-state index contributed by atoms with van der Waals surface area (Å²) in [6, 6.07) is 10.4. The van der Waals surface area contributed by atoms with Gasteiger partial charge in [-0.3, -0.25) is 4.79 Å². The van der Waals surface area contributed by atoms with Crippen LogP contribution >= 0.6 is 11.6 Å². The number of rotatable bonds is 9. The van der Waals surface area contributed by atoms with E-state index in [-0.39, 0.29) is 18.9 Å². The highest BCUT2D eigenvalue weighted by molar-refractivity contribution is 6.29. The second kappa shape index (κ2) is 9.77. The lowest BCUT2D eigenvalue weighted by molar-refractivity contribution is -0.120. The summed E-state index contributed by atoms with van der Waals surface area (Å²) in [7, 11) is 0. The van der Waals surface area contributed by atoms with Crippen LogP contribution in [0.1, 0.15) is 5.56 Å². The molecular weight excluding hydrogens is 346 g/mol. The molecule has 0 aliphatic rings. The van der Waals surface area contributed by atoms with Crippen LogP contribution in [0.15, 0.2) is 36.4 Å². The molecule has 0 fully saturated rings. The Labute approximate surface area is 150 Å². The molecule has 0 spiro atoms. The highest BCUT2D eigenvalue weighted by atomic mass is 35.5. The Kier molecular flexibility index (Phi) is 7.39. The summed E-state index contributed by atoms with van der Waals surface area (Å²) in [6.45, 7) is 0.592. The van der Waals surface area contributed by atoms with Gasteiger partial charge in [0.1, 0.15) is 12.0 Å². The lowest BCUT2D eigenvalue weighted by atomic mass is 10.1. The summed E-state index contributed by atoms with van der Waals surface area (Å²) in [4.78, 5) is 11.9. The summed E-state index contributed by atoms with van der Waals surface area (Å²) in [5, 5.41) is 34.5. The Balaban J connectivity index is 1.68. The van der Waals surface area contributed by atoms with Gasteiger partial charge >= 0.3 is 0 Å². The van der Waals surface area contributed by atoms with E-state index in [1.54, 1.807) is 36.4 Å². The number of aliphatic hydroxyl groups is 2. The van der Waals surface area contributed by atoms with Crippen molar-refractivity contribution in [2.75, 3.05) is 30.3 Å². The van der Waals surface area contributed by atoms with Crippen molar-refractivity contribution in [1.29, 1.82) is 0 Å². The number of benzene rings is 1. The third kappa shape index (κ3) is 6.92. The van der Waals surface area contributed by atoms with Gasteiger partial charge in [-0.15, -0.1) is 10.2 Å². The summed E-state index contributed by atoms with van der Waals surface area (Å²) in [6.07, 6.45) is -0.754. The molecule has 0 saturated heterocycles. The first-order valence-corrected chi connectivity index (χ1v) is 8.09. The molecule has 0 radical (unpaired) electrons. The number of aromatic nitrogens is 2. The highest BCUT2D eigenvalue weighted by Gasteiger charge is 2.05. The van der Waals surface area contributed by atoms with E-state index in [1.807, 2.05) is 0 Å². The van der Waals surface area contributed by atoms with Crippen molar-refractivity contribution in [2.24, 2.45) is 0 Å². The molecule has 0 aliphatic carbocycles. The maximum atomic E-state index is 11.9. The predicted octanol–water partition coefficient (Wildman–Crippen LogP) is 0.623. The van der Waals surface area contributed by atoms with Gasteiger partial charge in [0.2, 0.25) is 5.91 Å². The van der Waals surface area contributed by atoms with Crippen molar-refractivity contribution >= 4 is 29.0 Å². The Bertz CT molecular complexity index is 666. The summed E-state index contributed by atoms with van der Waals surface area (Å²) in [5.74, 6) is 0.492. The van der Waals surface area contributed by atoms with E-state index in [0.717, 1.165) is 5.56 Å². The monoisotopic (exact) mass is 365 g/mol. The van der Waals surface area contributed by atoms with Crippen LogP contribution in [0.25, 0.3) is 0 Å². The van der Waals surface area contributed by atoms with E-state index in [1.165, 1.54) is 0 Å². The smallest absolute Gasteiger partial charge is 0.224 e. The van der Waals surface area contributed by atoms with E-state index in [0.29, 0.717) is 29.7 Å². The molecule has 5 N–H and O–H groups in total. The molecule has 9 heteroatoms. The molecule has 1 atom stereocenters. The van der Waals surface area contributed by atoms with Gasteiger partial charge in [-0.05, 0) is 29.8 Å². The fourth-order valence-electron chi connectivity index (χ4n) is 2.01. The lowest BCUT2D eigenvalue weighted by Crippen LogP contribution is -2.30. The van der Waals surface area contributed by atoms with Gasteiger partial charge in [0.25, 0.3) is 0 Å². The first kappa shape index (κ1) is 18.9. The van der Waals surface area contributed by atoms with Crippen LogP contribution in [0, 0.1) is 0 Å².